The number of amides is 1. The molecule has 5 heteroatoms. The number of morpholine rings is 1. The molecular weight excluding hydrogens is 328 g/mol. The van der Waals surface area contributed by atoms with Crippen molar-refractivity contribution >= 4 is 5.91 Å². The molecule has 0 bridgehead atoms. The molecule has 0 saturated carbocycles. The molecule has 1 N–H and O–H groups in total. The standard InChI is InChI=1S/C21H26N2O3/c24-21(19-9-5-2-6-10-19)22-20(18-7-3-1-4-8-18)17-26-16-13-23-11-14-25-15-12-23/h1-10,20H,11-17H2,(H,22,24). The minimum Gasteiger partial charge on any atom is -0.379 e. The molecule has 0 aromatic heterocycles. The van der Waals surface area contributed by atoms with Crippen molar-refractivity contribution in [2.75, 3.05) is 46.1 Å². The average molecular weight is 354 g/mol. The first-order valence-corrected chi connectivity index (χ1v) is 9.11. The Morgan fingerprint density at radius 1 is 1.04 bits per heavy atom. The van der Waals surface area contributed by atoms with E-state index in [1.54, 1.807) is 0 Å². The molecule has 1 heterocycles. The van der Waals surface area contributed by atoms with Gasteiger partial charge in [0.25, 0.3) is 5.91 Å². The molecule has 0 aliphatic carbocycles. The van der Waals surface area contributed by atoms with Crippen LogP contribution in [0.15, 0.2) is 60.7 Å². The molecule has 5 nitrogen and oxygen atoms in total. The molecule has 1 saturated heterocycles. The molecule has 1 unspecified atom stereocenters. The van der Waals surface area contributed by atoms with E-state index in [4.69, 9.17) is 9.47 Å². The number of ether oxygens (including phenoxy) is 2. The summed E-state index contributed by atoms with van der Waals surface area (Å²) < 4.78 is 11.3. The van der Waals surface area contributed by atoms with E-state index in [0.717, 1.165) is 38.4 Å². The number of carbonyl (C=O) groups is 1. The van der Waals surface area contributed by atoms with E-state index in [1.807, 2.05) is 60.7 Å². The van der Waals surface area contributed by atoms with Crippen LogP contribution in [-0.2, 0) is 9.47 Å². The van der Waals surface area contributed by atoms with Gasteiger partial charge in [-0.25, -0.2) is 0 Å². The summed E-state index contributed by atoms with van der Waals surface area (Å²) in [5.41, 5.74) is 1.70. The molecule has 1 fully saturated rings. The van der Waals surface area contributed by atoms with Crippen LogP contribution in [0.4, 0.5) is 0 Å². The van der Waals surface area contributed by atoms with E-state index in [9.17, 15) is 4.79 Å². The lowest BCUT2D eigenvalue weighted by atomic mass is 10.1. The van der Waals surface area contributed by atoms with Crippen molar-refractivity contribution in [1.29, 1.82) is 0 Å². The van der Waals surface area contributed by atoms with Crippen LogP contribution in [0.2, 0.25) is 0 Å². The van der Waals surface area contributed by atoms with Gasteiger partial charge in [-0.1, -0.05) is 48.5 Å². The fourth-order valence-corrected chi connectivity index (χ4v) is 2.96. The van der Waals surface area contributed by atoms with Gasteiger partial charge in [-0.05, 0) is 17.7 Å². The predicted molar refractivity (Wildman–Crippen MR) is 101 cm³/mol. The van der Waals surface area contributed by atoms with Crippen LogP contribution in [-0.4, -0.2) is 56.9 Å². The van der Waals surface area contributed by atoms with Gasteiger partial charge in [-0.15, -0.1) is 0 Å². The van der Waals surface area contributed by atoms with E-state index in [-0.39, 0.29) is 11.9 Å². The van der Waals surface area contributed by atoms with Crippen LogP contribution in [0.5, 0.6) is 0 Å². The number of rotatable bonds is 8. The maximum absolute atomic E-state index is 12.5. The lowest BCUT2D eigenvalue weighted by Crippen LogP contribution is -2.38. The van der Waals surface area contributed by atoms with Gasteiger partial charge in [0, 0.05) is 25.2 Å². The van der Waals surface area contributed by atoms with Crippen molar-refractivity contribution in [2.45, 2.75) is 6.04 Å². The second-order valence-corrected chi connectivity index (χ2v) is 6.33. The van der Waals surface area contributed by atoms with Gasteiger partial charge >= 0.3 is 0 Å². The fraction of sp³-hybridized carbons (Fsp3) is 0.381. The summed E-state index contributed by atoms with van der Waals surface area (Å²) in [6.07, 6.45) is 0. The van der Waals surface area contributed by atoms with Gasteiger partial charge in [0.2, 0.25) is 0 Å². The lowest BCUT2D eigenvalue weighted by molar-refractivity contribution is 0.0176. The molecule has 1 aliphatic rings. The maximum Gasteiger partial charge on any atom is 0.251 e. The number of hydrogen-bond acceptors (Lipinski definition) is 4. The summed E-state index contributed by atoms with van der Waals surface area (Å²) in [4.78, 5) is 14.9. The molecule has 1 atom stereocenters. The van der Waals surface area contributed by atoms with Crippen LogP contribution >= 0.6 is 0 Å². The summed E-state index contributed by atoms with van der Waals surface area (Å²) in [5.74, 6) is -0.0868. The molecule has 138 valence electrons. The Bertz CT molecular complexity index is 657. The Hall–Kier alpha value is -2.21. The summed E-state index contributed by atoms with van der Waals surface area (Å²) in [7, 11) is 0. The molecule has 2 aromatic carbocycles. The molecular formula is C21H26N2O3. The van der Waals surface area contributed by atoms with E-state index in [0.29, 0.717) is 18.8 Å². The van der Waals surface area contributed by atoms with Gasteiger partial charge in [0.15, 0.2) is 0 Å². The highest BCUT2D eigenvalue weighted by atomic mass is 16.5. The fourth-order valence-electron chi connectivity index (χ4n) is 2.96. The molecule has 26 heavy (non-hydrogen) atoms. The lowest BCUT2D eigenvalue weighted by Gasteiger charge is -2.27. The average Bonchev–Trinajstić information content (AvgIpc) is 2.72. The van der Waals surface area contributed by atoms with Gasteiger partial charge in [-0.2, -0.15) is 0 Å². The third kappa shape index (κ3) is 5.66. The van der Waals surface area contributed by atoms with Crippen LogP contribution in [0, 0.1) is 0 Å². The predicted octanol–water partition coefficient (Wildman–Crippen LogP) is 2.51. The molecule has 3 rings (SSSR count). The minimum absolute atomic E-state index is 0.0868. The van der Waals surface area contributed by atoms with Crippen molar-refractivity contribution in [3.05, 3.63) is 71.8 Å². The highest BCUT2D eigenvalue weighted by molar-refractivity contribution is 5.94. The number of carbonyl (C=O) groups excluding carboxylic acids is 1. The zero-order chi connectivity index (χ0) is 18.0. The molecule has 0 spiro atoms. The van der Waals surface area contributed by atoms with Crippen LogP contribution in [0.25, 0.3) is 0 Å². The van der Waals surface area contributed by atoms with Crippen LogP contribution in [0.1, 0.15) is 22.0 Å². The maximum atomic E-state index is 12.5. The van der Waals surface area contributed by atoms with Crippen molar-refractivity contribution in [3.63, 3.8) is 0 Å². The highest BCUT2D eigenvalue weighted by Crippen LogP contribution is 2.14. The van der Waals surface area contributed by atoms with Gasteiger partial charge in [0.05, 0.1) is 32.5 Å². The third-order valence-corrected chi connectivity index (χ3v) is 4.48. The second-order valence-electron chi connectivity index (χ2n) is 6.33. The zero-order valence-corrected chi connectivity index (χ0v) is 15.0. The summed E-state index contributed by atoms with van der Waals surface area (Å²) in [6, 6.07) is 19.1. The Labute approximate surface area is 154 Å². The first-order valence-electron chi connectivity index (χ1n) is 9.11. The zero-order valence-electron chi connectivity index (χ0n) is 15.0. The van der Waals surface area contributed by atoms with E-state index in [1.165, 1.54) is 0 Å². The Balaban J connectivity index is 1.54. The van der Waals surface area contributed by atoms with E-state index < -0.39 is 0 Å². The van der Waals surface area contributed by atoms with Crippen molar-refractivity contribution < 1.29 is 14.3 Å². The van der Waals surface area contributed by atoms with E-state index >= 15 is 0 Å². The SMILES string of the molecule is O=C(NC(COCCN1CCOCC1)c1ccccc1)c1ccccc1. The molecule has 1 amide bonds. The summed E-state index contributed by atoms with van der Waals surface area (Å²) in [6.45, 7) is 5.47. The third-order valence-electron chi connectivity index (χ3n) is 4.48. The first-order chi connectivity index (χ1) is 12.8. The van der Waals surface area contributed by atoms with Crippen molar-refractivity contribution in [1.82, 2.24) is 10.2 Å². The van der Waals surface area contributed by atoms with E-state index in [2.05, 4.69) is 10.2 Å². The first kappa shape index (κ1) is 18.6. The van der Waals surface area contributed by atoms with Crippen molar-refractivity contribution in [3.8, 4) is 0 Å². The number of hydrogen-bond donors (Lipinski definition) is 1. The minimum atomic E-state index is -0.173. The summed E-state index contributed by atoms with van der Waals surface area (Å²) >= 11 is 0. The molecule has 0 radical (unpaired) electrons. The van der Waals surface area contributed by atoms with Gasteiger partial charge < -0.3 is 14.8 Å². The van der Waals surface area contributed by atoms with Crippen molar-refractivity contribution in [2.24, 2.45) is 0 Å². The number of benzene rings is 2. The molecule has 2 aromatic rings. The topological polar surface area (TPSA) is 50.8 Å². The Morgan fingerprint density at radius 2 is 1.69 bits per heavy atom. The monoisotopic (exact) mass is 354 g/mol. The second kappa shape index (κ2) is 10.1. The normalized spacial score (nSPS) is 16.2. The number of nitrogens with zero attached hydrogens (tertiary/aromatic N) is 1. The Kier molecular flexibility index (Phi) is 7.19. The smallest absolute Gasteiger partial charge is 0.251 e. The quantitative estimate of drug-likeness (QED) is 0.740. The highest BCUT2D eigenvalue weighted by Gasteiger charge is 2.16. The largest absolute Gasteiger partial charge is 0.379 e. The van der Waals surface area contributed by atoms with Gasteiger partial charge in [0.1, 0.15) is 0 Å². The molecule has 1 aliphatic heterocycles. The van der Waals surface area contributed by atoms with Crippen LogP contribution < -0.4 is 5.32 Å². The summed E-state index contributed by atoms with van der Waals surface area (Å²) in [5, 5.41) is 3.09. The van der Waals surface area contributed by atoms with Gasteiger partial charge in [-0.3, -0.25) is 9.69 Å². The number of nitrogens with one attached hydrogen (secondary N) is 1. The van der Waals surface area contributed by atoms with Crippen LogP contribution in [0.3, 0.4) is 0 Å². The Morgan fingerprint density at radius 3 is 2.38 bits per heavy atom.